The van der Waals surface area contributed by atoms with Crippen molar-refractivity contribution in [3.8, 4) is 0 Å². The van der Waals surface area contributed by atoms with E-state index in [-0.39, 0.29) is 16.4 Å². The average Bonchev–Trinajstić information content (AvgIpc) is 2.32. The van der Waals surface area contributed by atoms with E-state index < -0.39 is 5.82 Å². The monoisotopic (exact) mass is 346 g/mol. The topological polar surface area (TPSA) is 17.1 Å². The molecule has 0 aromatic heterocycles. The van der Waals surface area contributed by atoms with Crippen molar-refractivity contribution in [2.75, 3.05) is 0 Å². The molecule has 2 aromatic carbocycles. The van der Waals surface area contributed by atoms with Crippen LogP contribution in [0.2, 0.25) is 10.0 Å². The van der Waals surface area contributed by atoms with Gasteiger partial charge in [-0.05, 0) is 52.3 Å². The Morgan fingerprint density at radius 2 is 1.83 bits per heavy atom. The van der Waals surface area contributed by atoms with Gasteiger partial charge in [-0.2, -0.15) is 0 Å². The standard InChI is InChI=1S/C13H6BrCl2FO/c14-10-4-1-7(5-12(10)17)13(18)9-3-2-8(15)6-11(9)16/h1-6H. The summed E-state index contributed by atoms with van der Waals surface area (Å²) in [5.74, 6) is -0.839. The van der Waals surface area contributed by atoms with Crippen molar-refractivity contribution in [2.45, 2.75) is 0 Å². The third-order valence-electron chi connectivity index (χ3n) is 2.36. The third-order valence-corrected chi connectivity index (χ3v) is 3.55. The fourth-order valence-electron chi connectivity index (χ4n) is 1.47. The van der Waals surface area contributed by atoms with Gasteiger partial charge < -0.3 is 0 Å². The smallest absolute Gasteiger partial charge is 0.194 e. The molecule has 0 bridgehead atoms. The van der Waals surface area contributed by atoms with Gasteiger partial charge in [0, 0.05) is 16.1 Å². The van der Waals surface area contributed by atoms with Gasteiger partial charge in [-0.15, -0.1) is 0 Å². The van der Waals surface area contributed by atoms with E-state index in [4.69, 9.17) is 23.2 Å². The molecule has 0 heterocycles. The number of benzene rings is 2. The first kappa shape index (κ1) is 13.5. The van der Waals surface area contributed by atoms with Crippen molar-refractivity contribution in [1.29, 1.82) is 0 Å². The largest absolute Gasteiger partial charge is 0.289 e. The van der Waals surface area contributed by atoms with Crippen LogP contribution in [0, 0.1) is 5.82 Å². The lowest BCUT2D eigenvalue weighted by atomic mass is 10.0. The predicted octanol–water partition coefficient (Wildman–Crippen LogP) is 5.13. The van der Waals surface area contributed by atoms with Gasteiger partial charge in [0.1, 0.15) is 5.82 Å². The molecule has 0 amide bonds. The van der Waals surface area contributed by atoms with Crippen molar-refractivity contribution in [3.63, 3.8) is 0 Å². The Labute approximate surface area is 122 Å². The second kappa shape index (κ2) is 5.39. The molecule has 0 aliphatic heterocycles. The zero-order valence-electron chi connectivity index (χ0n) is 8.88. The van der Waals surface area contributed by atoms with Crippen LogP contribution in [-0.4, -0.2) is 5.78 Å². The summed E-state index contributed by atoms with van der Waals surface area (Å²) in [7, 11) is 0. The van der Waals surface area contributed by atoms with Gasteiger partial charge in [0.25, 0.3) is 0 Å². The fraction of sp³-hybridized carbons (Fsp3) is 0. The highest BCUT2D eigenvalue weighted by Gasteiger charge is 2.14. The van der Waals surface area contributed by atoms with E-state index in [1.54, 1.807) is 6.07 Å². The van der Waals surface area contributed by atoms with E-state index in [1.165, 1.54) is 24.3 Å². The second-order valence-corrected chi connectivity index (χ2v) is 5.28. The second-order valence-electron chi connectivity index (χ2n) is 3.58. The highest BCUT2D eigenvalue weighted by molar-refractivity contribution is 9.10. The number of hydrogen-bond donors (Lipinski definition) is 0. The molecule has 0 atom stereocenters. The zero-order valence-corrected chi connectivity index (χ0v) is 12.0. The molecule has 0 aliphatic rings. The normalized spacial score (nSPS) is 10.4. The van der Waals surface area contributed by atoms with Gasteiger partial charge in [0.2, 0.25) is 0 Å². The Hall–Kier alpha value is -0.900. The van der Waals surface area contributed by atoms with Gasteiger partial charge in [-0.1, -0.05) is 23.2 Å². The molecule has 0 saturated heterocycles. The number of carbonyl (C=O) groups excluding carboxylic acids is 1. The lowest BCUT2D eigenvalue weighted by Gasteiger charge is -2.05. The van der Waals surface area contributed by atoms with Gasteiger partial charge in [-0.25, -0.2) is 4.39 Å². The van der Waals surface area contributed by atoms with Crippen LogP contribution in [0.5, 0.6) is 0 Å². The molecular formula is C13H6BrCl2FO. The molecule has 2 aromatic rings. The van der Waals surface area contributed by atoms with E-state index in [9.17, 15) is 9.18 Å². The predicted molar refractivity (Wildman–Crippen MR) is 74.0 cm³/mol. The summed E-state index contributed by atoms with van der Waals surface area (Å²) in [5.41, 5.74) is 0.530. The van der Waals surface area contributed by atoms with Crippen LogP contribution in [0.4, 0.5) is 4.39 Å². The molecular weight excluding hydrogens is 342 g/mol. The summed E-state index contributed by atoms with van der Waals surface area (Å²) in [5, 5.41) is 0.689. The highest BCUT2D eigenvalue weighted by atomic mass is 79.9. The van der Waals surface area contributed by atoms with Crippen LogP contribution < -0.4 is 0 Å². The van der Waals surface area contributed by atoms with Crippen LogP contribution in [0.1, 0.15) is 15.9 Å². The Kier molecular flexibility index (Phi) is 4.05. The maximum Gasteiger partial charge on any atom is 0.194 e. The molecule has 0 aliphatic carbocycles. The van der Waals surface area contributed by atoms with Crippen LogP contribution in [0.3, 0.4) is 0 Å². The van der Waals surface area contributed by atoms with E-state index in [2.05, 4.69) is 15.9 Å². The molecule has 2 rings (SSSR count). The Morgan fingerprint density at radius 3 is 2.44 bits per heavy atom. The lowest BCUT2D eigenvalue weighted by Crippen LogP contribution is -2.02. The molecule has 92 valence electrons. The summed E-state index contributed by atoms with van der Waals surface area (Å²) in [6.45, 7) is 0. The van der Waals surface area contributed by atoms with Crippen molar-refractivity contribution in [1.82, 2.24) is 0 Å². The number of carbonyl (C=O) groups is 1. The Morgan fingerprint density at radius 1 is 1.11 bits per heavy atom. The third kappa shape index (κ3) is 2.74. The van der Waals surface area contributed by atoms with Crippen molar-refractivity contribution < 1.29 is 9.18 Å². The van der Waals surface area contributed by atoms with E-state index >= 15 is 0 Å². The first-order valence-electron chi connectivity index (χ1n) is 4.94. The minimum atomic E-state index is -0.495. The molecule has 0 fully saturated rings. The number of rotatable bonds is 2. The Bertz CT molecular complexity index is 628. The molecule has 18 heavy (non-hydrogen) atoms. The summed E-state index contributed by atoms with van der Waals surface area (Å²) in [4.78, 5) is 12.1. The fourth-order valence-corrected chi connectivity index (χ4v) is 2.21. The van der Waals surface area contributed by atoms with Gasteiger partial charge >= 0.3 is 0 Å². The zero-order chi connectivity index (χ0) is 13.3. The molecule has 5 heteroatoms. The van der Waals surface area contributed by atoms with Crippen molar-refractivity contribution in [2.24, 2.45) is 0 Å². The first-order chi connectivity index (χ1) is 8.49. The highest BCUT2D eigenvalue weighted by Crippen LogP contribution is 2.25. The molecule has 0 unspecified atom stereocenters. The van der Waals surface area contributed by atoms with E-state index in [0.29, 0.717) is 15.1 Å². The number of hydrogen-bond acceptors (Lipinski definition) is 1. The van der Waals surface area contributed by atoms with E-state index in [0.717, 1.165) is 6.07 Å². The minimum absolute atomic E-state index is 0.236. The van der Waals surface area contributed by atoms with Crippen LogP contribution >= 0.6 is 39.1 Å². The van der Waals surface area contributed by atoms with Crippen LogP contribution in [0.15, 0.2) is 40.9 Å². The summed E-state index contributed by atoms with van der Waals surface area (Å²) >= 11 is 14.7. The van der Waals surface area contributed by atoms with Gasteiger partial charge in [0.15, 0.2) is 5.78 Å². The van der Waals surface area contributed by atoms with Gasteiger partial charge in [-0.3, -0.25) is 4.79 Å². The average molecular weight is 348 g/mol. The quantitative estimate of drug-likeness (QED) is 0.688. The summed E-state index contributed by atoms with van der Waals surface area (Å²) < 4.78 is 13.7. The molecule has 1 nitrogen and oxygen atoms in total. The maximum atomic E-state index is 13.4. The number of ketones is 1. The Balaban J connectivity index is 2.44. The summed E-state index contributed by atoms with van der Waals surface area (Å²) in [6, 6.07) is 8.73. The molecule has 0 radical (unpaired) electrons. The maximum absolute atomic E-state index is 13.4. The minimum Gasteiger partial charge on any atom is -0.289 e. The number of halogens is 4. The SMILES string of the molecule is O=C(c1ccc(Br)c(F)c1)c1ccc(Cl)cc1Cl. The van der Waals surface area contributed by atoms with Crippen molar-refractivity contribution >= 4 is 44.9 Å². The van der Waals surface area contributed by atoms with Crippen molar-refractivity contribution in [3.05, 3.63) is 67.9 Å². The van der Waals surface area contributed by atoms with E-state index in [1.807, 2.05) is 0 Å². The molecule has 0 N–H and O–H groups in total. The van der Waals surface area contributed by atoms with Gasteiger partial charge in [0.05, 0.1) is 9.50 Å². The molecule has 0 saturated carbocycles. The first-order valence-corrected chi connectivity index (χ1v) is 6.49. The van der Waals surface area contributed by atoms with Crippen LogP contribution in [-0.2, 0) is 0 Å². The lowest BCUT2D eigenvalue weighted by molar-refractivity contribution is 0.103. The summed E-state index contributed by atoms with van der Waals surface area (Å²) in [6.07, 6.45) is 0. The van der Waals surface area contributed by atoms with Crippen LogP contribution in [0.25, 0.3) is 0 Å². The molecule has 0 spiro atoms.